The van der Waals surface area contributed by atoms with E-state index in [9.17, 15) is 0 Å². The van der Waals surface area contributed by atoms with Crippen molar-refractivity contribution in [1.29, 1.82) is 0 Å². The molecule has 12 rings (SSSR count). The van der Waals surface area contributed by atoms with Crippen LogP contribution < -0.4 is 15.3 Å². The van der Waals surface area contributed by atoms with Gasteiger partial charge in [0.05, 0.1) is 38.7 Å². The van der Waals surface area contributed by atoms with Gasteiger partial charge in [-0.2, -0.15) is 0 Å². The highest BCUT2D eigenvalue weighted by molar-refractivity contribution is 6.10. The fourth-order valence-corrected chi connectivity index (χ4v) is 10.0. The number of nitrogens with zero attached hydrogens (tertiary/aromatic N) is 4. The Bertz CT molecular complexity index is 3450. The van der Waals surface area contributed by atoms with Crippen molar-refractivity contribution < 1.29 is 4.74 Å². The molecule has 2 aliphatic heterocycles. The Morgan fingerprint density at radius 1 is 0.542 bits per heavy atom. The van der Waals surface area contributed by atoms with Crippen molar-refractivity contribution in [3.8, 4) is 45.6 Å². The number of ether oxygens (including phenoxy) is 1. The van der Waals surface area contributed by atoms with E-state index in [0.29, 0.717) is 5.82 Å². The monoisotopic (exact) mass is 756 g/mol. The van der Waals surface area contributed by atoms with Crippen LogP contribution in [0.25, 0.3) is 78.5 Å². The smallest absolute Gasteiger partial charge is 0.162 e. The molecular weight excluding hydrogens is 721 g/mol. The van der Waals surface area contributed by atoms with E-state index in [2.05, 4.69) is 180 Å². The molecule has 0 fully saturated rings. The average Bonchev–Trinajstić information content (AvgIpc) is 3.80. The molecule has 5 nitrogen and oxygen atoms in total. The van der Waals surface area contributed by atoms with Crippen LogP contribution in [0.3, 0.4) is 0 Å². The van der Waals surface area contributed by atoms with Crippen molar-refractivity contribution >= 4 is 44.4 Å². The Balaban J connectivity index is 1.22. The summed E-state index contributed by atoms with van der Waals surface area (Å²) < 4.78 is 11.8. The third-order valence-electron chi connectivity index (χ3n) is 12.4. The molecule has 1 spiro atoms. The fourth-order valence-electron chi connectivity index (χ4n) is 10.0. The molecule has 5 heterocycles. The second-order valence-electron chi connectivity index (χ2n) is 15.4. The summed E-state index contributed by atoms with van der Waals surface area (Å²) in [5.41, 5.74) is 11.2. The maximum Gasteiger partial charge on any atom is 0.162 e. The minimum atomic E-state index is -0.678. The van der Waals surface area contributed by atoms with Crippen molar-refractivity contribution in [3.05, 3.63) is 216 Å². The van der Waals surface area contributed by atoms with Crippen LogP contribution >= 0.6 is 0 Å². The Morgan fingerprint density at radius 3 is 1.97 bits per heavy atom. The summed E-state index contributed by atoms with van der Waals surface area (Å²) in [6.45, 7) is 6.48. The first-order valence-electron chi connectivity index (χ1n) is 20.0. The maximum atomic E-state index is 7.08. The Kier molecular flexibility index (Phi) is 7.14. The molecule has 0 saturated carbocycles. The van der Waals surface area contributed by atoms with Gasteiger partial charge in [0.1, 0.15) is 17.3 Å². The quantitative estimate of drug-likeness (QED) is 0.180. The third-order valence-corrected chi connectivity index (χ3v) is 12.4. The van der Waals surface area contributed by atoms with Crippen molar-refractivity contribution in [3.63, 3.8) is 0 Å². The summed E-state index contributed by atoms with van der Waals surface area (Å²) in [6.07, 6.45) is 4.07. The minimum absolute atomic E-state index is 0.668. The van der Waals surface area contributed by atoms with E-state index in [1.54, 1.807) is 0 Å². The second-order valence-corrected chi connectivity index (χ2v) is 15.4. The minimum Gasteiger partial charge on any atom is -0.457 e. The zero-order valence-corrected chi connectivity index (χ0v) is 32.3. The molecule has 5 heteroatoms. The van der Waals surface area contributed by atoms with Gasteiger partial charge in [0.15, 0.2) is 5.82 Å². The standard InChI is InChI=1S/C54H36N4O/c1-3-18-39-37-23-10-15-28-46(37)58-47-29-16-12-25-41(47)54(34(2)52(39)58)42-26-13-17-30-49(42)59-50-33-48-40(31-43(50)54)38-24-11-14-27-45(38)57(48)51-32-44(35-19-6-4-7-20-35)55-53(56-51)36-21-8-5-9-22-36/h3-33H,1H2,2H3/b39-18-. The van der Waals surface area contributed by atoms with Crippen LogP contribution in [0, 0.1) is 0 Å². The number of hydrogen-bond donors (Lipinski definition) is 0. The predicted molar refractivity (Wildman–Crippen MR) is 240 cm³/mol. The second kappa shape index (κ2) is 12.6. The van der Waals surface area contributed by atoms with Gasteiger partial charge in [0.2, 0.25) is 0 Å². The van der Waals surface area contributed by atoms with Crippen molar-refractivity contribution in [1.82, 2.24) is 19.1 Å². The molecule has 1 unspecified atom stereocenters. The van der Waals surface area contributed by atoms with E-state index < -0.39 is 5.41 Å². The van der Waals surface area contributed by atoms with Gasteiger partial charge in [-0.25, -0.2) is 9.97 Å². The predicted octanol–water partition coefficient (Wildman–Crippen LogP) is 11.4. The Morgan fingerprint density at radius 2 is 1.19 bits per heavy atom. The molecule has 0 amide bonds. The van der Waals surface area contributed by atoms with E-state index in [1.165, 1.54) is 27.4 Å². The molecule has 0 N–H and O–H groups in total. The molecule has 0 aliphatic carbocycles. The first-order chi connectivity index (χ1) is 29.1. The number of aromatic nitrogens is 4. The van der Waals surface area contributed by atoms with Gasteiger partial charge >= 0.3 is 0 Å². The van der Waals surface area contributed by atoms with E-state index in [1.807, 2.05) is 30.3 Å². The molecule has 3 aromatic heterocycles. The lowest BCUT2D eigenvalue weighted by Crippen LogP contribution is -2.46. The lowest BCUT2D eigenvalue weighted by Gasteiger charge is -2.44. The Labute approximate surface area is 340 Å². The van der Waals surface area contributed by atoms with Crippen molar-refractivity contribution in [2.45, 2.75) is 12.3 Å². The number of rotatable bonds is 4. The zero-order valence-electron chi connectivity index (χ0n) is 32.3. The molecule has 0 saturated heterocycles. The fraction of sp³-hybridized carbons (Fsp3) is 0.0370. The molecule has 2 aliphatic rings. The number of allylic oxidation sites excluding steroid dienone is 1. The average molecular weight is 757 g/mol. The van der Waals surface area contributed by atoms with Crippen molar-refractivity contribution in [2.24, 2.45) is 0 Å². The normalized spacial score (nSPS) is 15.5. The van der Waals surface area contributed by atoms with Crippen LogP contribution in [-0.4, -0.2) is 19.1 Å². The molecule has 278 valence electrons. The first kappa shape index (κ1) is 33.4. The molecule has 1 atom stereocenters. The third kappa shape index (κ3) is 4.61. The zero-order chi connectivity index (χ0) is 39.2. The Hall–Kier alpha value is -7.76. The number of benzene rings is 7. The summed E-state index contributed by atoms with van der Waals surface area (Å²) in [4.78, 5) is 10.4. The van der Waals surface area contributed by atoms with E-state index in [0.717, 1.165) is 78.0 Å². The van der Waals surface area contributed by atoms with Gasteiger partial charge in [-0.1, -0.05) is 152 Å². The van der Waals surface area contributed by atoms with Gasteiger partial charge < -0.3 is 9.30 Å². The van der Waals surface area contributed by atoms with Crippen LogP contribution in [0.2, 0.25) is 0 Å². The van der Waals surface area contributed by atoms with Gasteiger partial charge in [0.25, 0.3) is 0 Å². The van der Waals surface area contributed by atoms with Crippen LogP contribution in [0.5, 0.6) is 11.5 Å². The SMILES string of the molecule is C=C/C=c1\c2n(c3ccccc13)-c1ccccc1C1(C=2C)c2ccccc2Oc2cc3c(cc21)c1ccccc1n3-c1cc(-c2ccccc2)nc(-c2ccccc2)n1. The van der Waals surface area contributed by atoms with Gasteiger partial charge in [-0.15, -0.1) is 0 Å². The van der Waals surface area contributed by atoms with Crippen LogP contribution in [0.1, 0.15) is 23.6 Å². The highest BCUT2D eigenvalue weighted by atomic mass is 16.5. The maximum absolute atomic E-state index is 7.08. The summed E-state index contributed by atoms with van der Waals surface area (Å²) in [7, 11) is 0. The van der Waals surface area contributed by atoms with Gasteiger partial charge in [-0.05, 0) is 48.4 Å². The van der Waals surface area contributed by atoms with Crippen LogP contribution in [0.4, 0.5) is 0 Å². The molecular formula is C54H36N4O. The van der Waals surface area contributed by atoms with E-state index in [-0.39, 0.29) is 0 Å². The number of para-hydroxylation sites is 4. The first-order valence-corrected chi connectivity index (χ1v) is 20.0. The summed E-state index contributed by atoms with van der Waals surface area (Å²) in [6, 6.07) is 62.1. The highest BCUT2D eigenvalue weighted by Gasteiger charge is 2.49. The highest BCUT2D eigenvalue weighted by Crippen LogP contribution is 2.59. The lowest BCUT2D eigenvalue weighted by atomic mass is 9.62. The largest absolute Gasteiger partial charge is 0.457 e. The molecule has 10 aromatic rings. The summed E-state index contributed by atoms with van der Waals surface area (Å²) >= 11 is 0. The summed E-state index contributed by atoms with van der Waals surface area (Å²) in [5.74, 6) is 3.11. The van der Waals surface area contributed by atoms with E-state index >= 15 is 0 Å². The lowest BCUT2D eigenvalue weighted by molar-refractivity contribution is 0.438. The van der Waals surface area contributed by atoms with Crippen LogP contribution in [-0.2, 0) is 5.41 Å². The number of fused-ring (bicyclic) bond motifs is 13. The van der Waals surface area contributed by atoms with Gasteiger partial charge in [0, 0.05) is 55.8 Å². The molecule has 0 radical (unpaired) electrons. The molecule has 59 heavy (non-hydrogen) atoms. The van der Waals surface area contributed by atoms with Gasteiger partial charge in [-0.3, -0.25) is 4.57 Å². The number of hydrogen-bond acceptors (Lipinski definition) is 3. The molecule has 7 aromatic carbocycles. The topological polar surface area (TPSA) is 44.9 Å². The summed E-state index contributed by atoms with van der Waals surface area (Å²) in [5, 5.41) is 5.80. The molecule has 0 bridgehead atoms. The van der Waals surface area contributed by atoms with E-state index in [4.69, 9.17) is 14.7 Å². The van der Waals surface area contributed by atoms with Crippen LogP contribution in [0.15, 0.2) is 189 Å². The van der Waals surface area contributed by atoms with Crippen molar-refractivity contribution in [2.75, 3.05) is 0 Å².